The zero-order valence-corrected chi connectivity index (χ0v) is 10.8. The van der Waals surface area contributed by atoms with Gasteiger partial charge in [-0.1, -0.05) is 55.8 Å². The number of benzene rings is 1. The fourth-order valence-electron chi connectivity index (χ4n) is 1.96. The van der Waals surface area contributed by atoms with Crippen LogP contribution in [0, 0.1) is 0 Å². The highest BCUT2D eigenvalue weighted by atomic mass is 16.6. The normalized spacial score (nSPS) is 22.9. The molecule has 1 aliphatic rings. The van der Waals surface area contributed by atoms with Gasteiger partial charge in [-0.3, -0.25) is 0 Å². The molecule has 0 aromatic heterocycles. The molecule has 1 aromatic rings. The van der Waals surface area contributed by atoms with Crippen LogP contribution in [0.15, 0.2) is 48.6 Å². The van der Waals surface area contributed by atoms with Crippen molar-refractivity contribution >= 4 is 5.57 Å². The minimum Gasteiger partial charge on any atom is -0.362 e. The van der Waals surface area contributed by atoms with Crippen LogP contribution in [0.1, 0.15) is 31.7 Å². The SMILES string of the molecule is CCCCOC1(O)C=CC(c2ccccc2)=CC1. The van der Waals surface area contributed by atoms with E-state index in [2.05, 4.69) is 19.1 Å². The first-order valence-electron chi connectivity index (χ1n) is 6.55. The number of hydrogen-bond acceptors (Lipinski definition) is 2. The molecule has 2 nitrogen and oxygen atoms in total. The van der Waals surface area contributed by atoms with E-state index >= 15 is 0 Å². The maximum Gasteiger partial charge on any atom is 0.189 e. The van der Waals surface area contributed by atoms with Gasteiger partial charge in [0.05, 0.1) is 6.61 Å². The second kappa shape index (κ2) is 5.98. The van der Waals surface area contributed by atoms with Crippen LogP contribution in [0.3, 0.4) is 0 Å². The van der Waals surface area contributed by atoms with Crippen LogP contribution in [0.2, 0.25) is 0 Å². The summed E-state index contributed by atoms with van der Waals surface area (Å²) in [5, 5.41) is 10.2. The Balaban J connectivity index is 1.98. The van der Waals surface area contributed by atoms with Crippen molar-refractivity contribution < 1.29 is 9.84 Å². The van der Waals surface area contributed by atoms with E-state index in [0.717, 1.165) is 18.4 Å². The molecule has 0 bridgehead atoms. The van der Waals surface area contributed by atoms with Crippen molar-refractivity contribution in [2.24, 2.45) is 0 Å². The molecule has 1 aliphatic carbocycles. The molecule has 1 unspecified atom stereocenters. The molecule has 2 rings (SSSR count). The molecule has 0 fully saturated rings. The van der Waals surface area contributed by atoms with Gasteiger partial charge in [-0.05, 0) is 23.6 Å². The third-order valence-corrected chi connectivity index (χ3v) is 3.09. The topological polar surface area (TPSA) is 29.5 Å². The van der Waals surface area contributed by atoms with Gasteiger partial charge in [-0.2, -0.15) is 0 Å². The summed E-state index contributed by atoms with van der Waals surface area (Å²) >= 11 is 0. The number of unbranched alkanes of at least 4 members (excludes halogenated alkanes) is 1. The summed E-state index contributed by atoms with van der Waals surface area (Å²) in [7, 11) is 0. The Bertz CT molecular complexity index is 434. The van der Waals surface area contributed by atoms with Gasteiger partial charge in [0.2, 0.25) is 0 Å². The summed E-state index contributed by atoms with van der Waals surface area (Å²) in [4.78, 5) is 0. The molecular formula is C16H20O2. The molecule has 0 heterocycles. The largest absolute Gasteiger partial charge is 0.362 e. The average Bonchev–Trinajstić information content (AvgIpc) is 2.41. The fourth-order valence-corrected chi connectivity index (χ4v) is 1.96. The second-order valence-corrected chi connectivity index (χ2v) is 4.61. The van der Waals surface area contributed by atoms with Crippen LogP contribution in [0.5, 0.6) is 0 Å². The summed E-state index contributed by atoms with van der Waals surface area (Å²) < 4.78 is 5.52. The molecular weight excluding hydrogens is 224 g/mol. The summed E-state index contributed by atoms with van der Waals surface area (Å²) in [6.45, 7) is 2.71. The zero-order chi connectivity index (χ0) is 12.8. The van der Waals surface area contributed by atoms with E-state index in [4.69, 9.17) is 4.74 Å². The Morgan fingerprint density at radius 2 is 2.06 bits per heavy atom. The maximum atomic E-state index is 10.2. The van der Waals surface area contributed by atoms with E-state index in [1.807, 2.05) is 30.4 Å². The molecule has 0 radical (unpaired) electrons. The van der Waals surface area contributed by atoms with Crippen molar-refractivity contribution in [1.29, 1.82) is 0 Å². The number of aliphatic hydroxyl groups is 1. The monoisotopic (exact) mass is 244 g/mol. The van der Waals surface area contributed by atoms with Gasteiger partial charge >= 0.3 is 0 Å². The van der Waals surface area contributed by atoms with E-state index < -0.39 is 5.79 Å². The number of ether oxygens (including phenoxy) is 1. The third-order valence-electron chi connectivity index (χ3n) is 3.09. The third kappa shape index (κ3) is 3.31. The van der Waals surface area contributed by atoms with Crippen molar-refractivity contribution in [3.63, 3.8) is 0 Å². The molecule has 1 aromatic carbocycles. The predicted octanol–water partition coefficient (Wildman–Crippen LogP) is 3.54. The van der Waals surface area contributed by atoms with E-state index in [1.54, 1.807) is 6.08 Å². The second-order valence-electron chi connectivity index (χ2n) is 4.61. The van der Waals surface area contributed by atoms with Gasteiger partial charge in [-0.25, -0.2) is 0 Å². The van der Waals surface area contributed by atoms with Gasteiger partial charge in [0.15, 0.2) is 5.79 Å². The molecule has 18 heavy (non-hydrogen) atoms. The predicted molar refractivity (Wildman–Crippen MR) is 74.0 cm³/mol. The number of hydrogen-bond donors (Lipinski definition) is 1. The van der Waals surface area contributed by atoms with Crippen LogP contribution in [-0.4, -0.2) is 17.5 Å². The molecule has 0 saturated heterocycles. The van der Waals surface area contributed by atoms with Gasteiger partial charge in [0.25, 0.3) is 0 Å². The van der Waals surface area contributed by atoms with Crippen LogP contribution in [0.4, 0.5) is 0 Å². The highest BCUT2D eigenvalue weighted by Gasteiger charge is 2.25. The lowest BCUT2D eigenvalue weighted by molar-refractivity contribution is -0.164. The van der Waals surface area contributed by atoms with Crippen molar-refractivity contribution in [1.82, 2.24) is 0 Å². The standard InChI is InChI=1S/C16H20O2/c1-2-3-13-18-16(17)11-9-15(10-12-16)14-7-5-4-6-8-14/h4-11,17H,2-3,12-13H2,1H3. The van der Waals surface area contributed by atoms with Gasteiger partial charge in [-0.15, -0.1) is 0 Å². The quantitative estimate of drug-likeness (QED) is 0.634. The average molecular weight is 244 g/mol. The summed E-state index contributed by atoms with van der Waals surface area (Å²) in [6.07, 6.45) is 8.28. The Morgan fingerprint density at radius 3 is 2.67 bits per heavy atom. The Labute approximate surface area is 109 Å². The lowest BCUT2D eigenvalue weighted by Crippen LogP contribution is -2.31. The highest BCUT2D eigenvalue weighted by molar-refractivity contribution is 5.75. The van der Waals surface area contributed by atoms with Crippen LogP contribution in [-0.2, 0) is 4.74 Å². The smallest absolute Gasteiger partial charge is 0.189 e. The van der Waals surface area contributed by atoms with Crippen molar-refractivity contribution in [3.05, 3.63) is 54.1 Å². The summed E-state index contributed by atoms with van der Waals surface area (Å²) in [5.74, 6) is -1.12. The van der Waals surface area contributed by atoms with Gasteiger partial charge in [0, 0.05) is 6.42 Å². The van der Waals surface area contributed by atoms with Crippen molar-refractivity contribution in [2.45, 2.75) is 32.0 Å². The molecule has 2 heteroatoms. The number of allylic oxidation sites excluding steroid dienone is 2. The lowest BCUT2D eigenvalue weighted by atomic mass is 9.96. The maximum absolute atomic E-state index is 10.2. The van der Waals surface area contributed by atoms with Crippen LogP contribution >= 0.6 is 0 Å². The van der Waals surface area contributed by atoms with E-state index in [0.29, 0.717) is 13.0 Å². The number of rotatable bonds is 5. The molecule has 1 atom stereocenters. The van der Waals surface area contributed by atoms with E-state index in [1.165, 1.54) is 5.56 Å². The fraction of sp³-hybridized carbons (Fsp3) is 0.375. The van der Waals surface area contributed by atoms with Gasteiger partial charge in [0.1, 0.15) is 0 Å². The van der Waals surface area contributed by atoms with Crippen molar-refractivity contribution in [3.8, 4) is 0 Å². The molecule has 0 saturated carbocycles. The Morgan fingerprint density at radius 1 is 1.28 bits per heavy atom. The van der Waals surface area contributed by atoms with Crippen molar-refractivity contribution in [2.75, 3.05) is 6.61 Å². The van der Waals surface area contributed by atoms with E-state index in [9.17, 15) is 5.11 Å². The minimum atomic E-state index is -1.12. The summed E-state index contributed by atoms with van der Waals surface area (Å²) in [5.41, 5.74) is 2.31. The first-order chi connectivity index (χ1) is 8.73. The first-order valence-corrected chi connectivity index (χ1v) is 6.55. The molecule has 0 aliphatic heterocycles. The summed E-state index contributed by atoms with van der Waals surface area (Å²) in [6, 6.07) is 10.2. The van der Waals surface area contributed by atoms with Gasteiger partial charge < -0.3 is 9.84 Å². The highest BCUT2D eigenvalue weighted by Crippen LogP contribution is 2.27. The Kier molecular flexibility index (Phi) is 4.34. The van der Waals surface area contributed by atoms with Crippen LogP contribution in [0.25, 0.3) is 5.57 Å². The minimum absolute atomic E-state index is 0.511. The zero-order valence-electron chi connectivity index (χ0n) is 10.8. The molecule has 1 N–H and O–H groups in total. The van der Waals surface area contributed by atoms with E-state index in [-0.39, 0.29) is 0 Å². The van der Waals surface area contributed by atoms with Crippen LogP contribution < -0.4 is 0 Å². The Hall–Kier alpha value is -1.38. The molecule has 0 spiro atoms. The first kappa shape index (κ1) is 13.1. The molecule has 96 valence electrons. The molecule has 0 amide bonds. The lowest BCUT2D eigenvalue weighted by Gasteiger charge is -2.26.